The van der Waals surface area contributed by atoms with Gasteiger partial charge in [0.15, 0.2) is 0 Å². The summed E-state index contributed by atoms with van der Waals surface area (Å²) >= 11 is 0. The fraction of sp³-hybridized carbons (Fsp3) is 0.0588. The van der Waals surface area contributed by atoms with Crippen LogP contribution in [0.3, 0.4) is 0 Å². The maximum atomic E-state index is 2.59. The van der Waals surface area contributed by atoms with Crippen LogP contribution in [-0.2, 0) is 10.8 Å². The number of fused-ring (bicyclic) bond motifs is 20. The number of anilines is 3. The van der Waals surface area contributed by atoms with Gasteiger partial charge in [-0.3, -0.25) is 0 Å². The SMILES string of the molecule is CC1(C)c2ccccc2-c2ccc(N(c3ccc4c5ccccc5c5ccccc5c4c3)c3cc4c(cc3-c3ccc5ccccc5c3)-c3ccccc3C43c4ccccc4-c4ccccc43)cc21. The summed E-state index contributed by atoms with van der Waals surface area (Å²) < 4.78 is 0. The van der Waals surface area contributed by atoms with E-state index >= 15 is 0 Å². The maximum absolute atomic E-state index is 2.59. The van der Waals surface area contributed by atoms with Gasteiger partial charge in [0, 0.05) is 22.4 Å². The van der Waals surface area contributed by atoms with E-state index in [0.717, 1.165) is 17.1 Å². The fourth-order valence-electron chi connectivity index (χ4n) is 13.2. The minimum absolute atomic E-state index is 0.186. The molecule has 0 amide bonds. The second kappa shape index (κ2) is 14.0. The average Bonchev–Trinajstić information content (AvgIpc) is 3.96. The van der Waals surface area contributed by atoms with Crippen LogP contribution in [0.1, 0.15) is 47.2 Å². The normalized spacial score (nSPS) is 14.2. The minimum atomic E-state index is -0.512. The zero-order valence-electron chi connectivity index (χ0n) is 38.5. The number of hydrogen-bond donors (Lipinski definition) is 0. The van der Waals surface area contributed by atoms with E-state index in [1.165, 1.54) is 121 Å². The zero-order chi connectivity index (χ0) is 45.6. The van der Waals surface area contributed by atoms with Crippen LogP contribution in [0, 0.1) is 0 Å². The van der Waals surface area contributed by atoms with Crippen molar-refractivity contribution in [1.82, 2.24) is 0 Å². The van der Waals surface area contributed by atoms with Crippen LogP contribution >= 0.6 is 0 Å². The van der Waals surface area contributed by atoms with Gasteiger partial charge in [-0.2, -0.15) is 0 Å². The molecule has 1 heteroatoms. The Balaban J connectivity index is 1.09. The van der Waals surface area contributed by atoms with E-state index in [9.17, 15) is 0 Å². The molecule has 12 aromatic carbocycles. The Kier molecular flexibility index (Phi) is 7.83. The van der Waals surface area contributed by atoms with E-state index in [2.05, 4.69) is 255 Å². The predicted molar refractivity (Wildman–Crippen MR) is 290 cm³/mol. The highest BCUT2D eigenvalue weighted by Gasteiger charge is 2.52. The third-order valence-corrected chi connectivity index (χ3v) is 16.2. The molecule has 0 unspecified atom stereocenters. The molecule has 0 fully saturated rings. The first-order chi connectivity index (χ1) is 34.0. The Bertz CT molecular complexity index is 4110. The third kappa shape index (κ3) is 5.14. The standard InChI is InChI=1S/C68H45N/c1-67(2)60-27-13-9-23-52(60)56-36-34-46(39-64(56)67)69(45-33-35-51-49-21-6-5-19-47(49)48-20-7-8-22-50(48)58(51)38-45)66-41-65-59(40-57(66)44-32-31-42-17-3-4-18-43(42)37-44)55-26-12-16-30-63(55)68(65)61-28-14-10-24-53(61)54-25-11-15-29-62(54)68/h3-41H,1-2H3. The highest BCUT2D eigenvalue weighted by atomic mass is 15.1. The van der Waals surface area contributed by atoms with Crippen molar-refractivity contribution in [2.75, 3.05) is 4.90 Å². The van der Waals surface area contributed by atoms with Crippen molar-refractivity contribution in [3.63, 3.8) is 0 Å². The monoisotopic (exact) mass is 875 g/mol. The quantitative estimate of drug-likeness (QED) is 0.159. The van der Waals surface area contributed by atoms with Crippen LogP contribution in [0.5, 0.6) is 0 Å². The zero-order valence-corrected chi connectivity index (χ0v) is 38.5. The summed E-state index contributed by atoms with van der Waals surface area (Å²) in [5, 5.41) is 10.1. The summed E-state index contributed by atoms with van der Waals surface area (Å²) in [5.74, 6) is 0. The molecule has 0 N–H and O–H groups in total. The molecule has 15 rings (SSSR count). The lowest BCUT2D eigenvalue weighted by molar-refractivity contribution is 0.660. The smallest absolute Gasteiger partial charge is 0.0726 e. The number of rotatable bonds is 4. The average molecular weight is 876 g/mol. The molecule has 0 atom stereocenters. The van der Waals surface area contributed by atoms with Crippen LogP contribution in [-0.4, -0.2) is 0 Å². The molecule has 12 aromatic rings. The highest BCUT2D eigenvalue weighted by molar-refractivity contribution is 6.26. The molecule has 0 saturated heterocycles. The first kappa shape index (κ1) is 38.6. The summed E-state index contributed by atoms with van der Waals surface area (Å²) in [7, 11) is 0. The number of nitrogens with zero attached hydrogens (tertiary/aromatic N) is 1. The summed E-state index contributed by atoms with van der Waals surface area (Å²) in [5.41, 5.74) is 21.0. The molecule has 322 valence electrons. The van der Waals surface area contributed by atoms with Gasteiger partial charge in [-0.05, 0) is 158 Å². The molecular weight excluding hydrogens is 831 g/mol. The van der Waals surface area contributed by atoms with Crippen LogP contribution in [0.15, 0.2) is 237 Å². The van der Waals surface area contributed by atoms with Crippen molar-refractivity contribution in [1.29, 1.82) is 0 Å². The maximum Gasteiger partial charge on any atom is 0.0726 e. The Labute approximate surface area is 402 Å². The third-order valence-electron chi connectivity index (χ3n) is 16.2. The van der Waals surface area contributed by atoms with Gasteiger partial charge >= 0.3 is 0 Å². The number of benzene rings is 12. The van der Waals surface area contributed by atoms with E-state index in [0.29, 0.717) is 0 Å². The molecule has 0 aliphatic heterocycles. The van der Waals surface area contributed by atoms with Crippen LogP contribution in [0.4, 0.5) is 17.1 Å². The summed E-state index contributed by atoms with van der Waals surface area (Å²) in [6.45, 7) is 4.79. The molecule has 0 aromatic heterocycles. The van der Waals surface area contributed by atoms with Crippen molar-refractivity contribution >= 4 is 60.2 Å². The molecule has 0 bridgehead atoms. The summed E-state index contributed by atoms with van der Waals surface area (Å²) in [6, 6.07) is 89.8. The van der Waals surface area contributed by atoms with Crippen molar-refractivity contribution in [2.45, 2.75) is 24.7 Å². The van der Waals surface area contributed by atoms with Crippen molar-refractivity contribution in [2.24, 2.45) is 0 Å². The van der Waals surface area contributed by atoms with E-state index in [-0.39, 0.29) is 5.41 Å². The lowest BCUT2D eigenvalue weighted by atomic mass is 9.70. The van der Waals surface area contributed by atoms with Gasteiger partial charge in [0.2, 0.25) is 0 Å². The molecule has 0 radical (unpaired) electrons. The molecule has 1 nitrogen and oxygen atoms in total. The predicted octanol–water partition coefficient (Wildman–Crippen LogP) is 18.1. The Morgan fingerprint density at radius 3 is 1.38 bits per heavy atom. The summed E-state index contributed by atoms with van der Waals surface area (Å²) in [4.78, 5) is 2.59. The van der Waals surface area contributed by atoms with Crippen molar-refractivity contribution < 1.29 is 0 Å². The Hall–Kier alpha value is -8.52. The largest absolute Gasteiger partial charge is 0.310 e. The van der Waals surface area contributed by atoms with E-state index in [1.54, 1.807) is 0 Å². The van der Waals surface area contributed by atoms with Gasteiger partial charge in [-0.25, -0.2) is 0 Å². The Morgan fingerprint density at radius 1 is 0.275 bits per heavy atom. The van der Waals surface area contributed by atoms with Gasteiger partial charge < -0.3 is 4.90 Å². The molecule has 3 aliphatic rings. The van der Waals surface area contributed by atoms with E-state index in [4.69, 9.17) is 0 Å². The fourth-order valence-corrected chi connectivity index (χ4v) is 13.2. The lowest BCUT2D eigenvalue weighted by Crippen LogP contribution is -2.26. The Morgan fingerprint density at radius 2 is 0.739 bits per heavy atom. The van der Waals surface area contributed by atoms with Gasteiger partial charge in [0.05, 0.1) is 11.1 Å². The molecule has 0 heterocycles. The van der Waals surface area contributed by atoms with E-state index in [1.807, 2.05) is 0 Å². The topological polar surface area (TPSA) is 3.24 Å². The lowest BCUT2D eigenvalue weighted by Gasteiger charge is -2.34. The van der Waals surface area contributed by atoms with Crippen LogP contribution in [0.25, 0.3) is 87.6 Å². The second-order valence-electron chi connectivity index (χ2n) is 19.9. The molecular formula is C68H45N. The van der Waals surface area contributed by atoms with Gasteiger partial charge in [-0.15, -0.1) is 0 Å². The van der Waals surface area contributed by atoms with Crippen molar-refractivity contribution in [3.8, 4) is 44.5 Å². The number of hydrogen-bond acceptors (Lipinski definition) is 1. The van der Waals surface area contributed by atoms with Crippen LogP contribution < -0.4 is 4.90 Å². The van der Waals surface area contributed by atoms with Gasteiger partial charge in [-0.1, -0.05) is 208 Å². The van der Waals surface area contributed by atoms with E-state index < -0.39 is 5.41 Å². The summed E-state index contributed by atoms with van der Waals surface area (Å²) in [6.07, 6.45) is 0. The first-order valence-electron chi connectivity index (χ1n) is 24.3. The van der Waals surface area contributed by atoms with Gasteiger partial charge in [0.1, 0.15) is 0 Å². The molecule has 69 heavy (non-hydrogen) atoms. The molecule has 0 saturated carbocycles. The minimum Gasteiger partial charge on any atom is -0.310 e. The highest BCUT2D eigenvalue weighted by Crippen LogP contribution is 2.64. The van der Waals surface area contributed by atoms with Crippen molar-refractivity contribution in [3.05, 3.63) is 270 Å². The molecule has 1 spiro atoms. The first-order valence-corrected chi connectivity index (χ1v) is 24.3. The second-order valence-corrected chi connectivity index (χ2v) is 19.9. The van der Waals surface area contributed by atoms with Crippen LogP contribution in [0.2, 0.25) is 0 Å². The van der Waals surface area contributed by atoms with Gasteiger partial charge in [0.25, 0.3) is 0 Å². The molecule has 3 aliphatic carbocycles.